The van der Waals surface area contributed by atoms with Crippen LogP contribution in [-0.4, -0.2) is 19.3 Å². The molecule has 0 saturated heterocycles. The molecule has 0 heterocycles. The van der Waals surface area contributed by atoms with E-state index >= 15 is 0 Å². The lowest BCUT2D eigenvalue weighted by Gasteiger charge is -2.05. The normalized spacial score (nSPS) is 9.86. The molecule has 0 unspecified atom stereocenters. The first kappa shape index (κ1) is 10.8. The van der Waals surface area contributed by atoms with Crippen LogP contribution in [0.25, 0.3) is 0 Å². The van der Waals surface area contributed by atoms with Gasteiger partial charge in [0.15, 0.2) is 0 Å². The summed E-state index contributed by atoms with van der Waals surface area (Å²) in [7, 11) is 0. The van der Waals surface area contributed by atoms with Gasteiger partial charge in [0.1, 0.15) is 13.3 Å². The van der Waals surface area contributed by atoms with Crippen LogP contribution in [0.5, 0.6) is 0 Å². The largest absolute Gasteiger partial charge is 0.459 e. The summed E-state index contributed by atoms with van der Waals surface area (Å²) in [4.78, 5) is 11.2. The van der Waals surface area contributed by atoms with Crippen molar-refractivity contribution in [2.45, 2.75) is 0 Å². The predicted octanol–water partition coefficient (Wildman–Crippen LogP) is 2.05. The van der Waals surface area contributed by atoms with Crippen LogP contribution in [0.2, 0.25) is 5.02 Å². The van der Waals surface area contributed by atoms with Crippen molar-refractivity contribution in [1.29, 1.82) is 0 Å². The lowest BCUT2D eigenvalue weighted by Crippen LogP contribution is -2.09. The van der Waals surface area contributed by atoms with Crippen LogP contribution < -0.4 is 5.73 Å². The molecule has 0 aromatic heterocycles. The summed E-state index contributed by atoms with van der Waals surface area (Å²) < 4.78 is 16.3. The smallest absolute Gasteiger partial charge is 0.340 e. The Balaban J connectivity index is 2.83. The van der Waals surface area contributed by atoms with Crippen molar-refractivity contribution < 1.29 is 13.9 Å². The van der Waals surface area contributed by atoms with E-state index in [0.717, 1.165) is 0 Å². The fraction of sp³-hybridized carbons (Fsp3) is 0.222. The maximum atomic E-state index is 11.7. The highest BCUT2D eigenvalue weighted by Gasteiger charge is 2.11. The zero-order valence-electron chi connectivity index (χ0n) is 7.30. The molecule has 0 atom stereocenters. The van der Waals surface area contributed by atoms with E-state index in [1.165, 1.54) is 12.1 Å². The van der Waals surface area contributed by atoms with Gasteiger partial charge in [0.05, 0.1) is 5.56 Å². The maximum Gasteiger partial charge on any atom is 0.340 e. The number of alkyl halides is 1. The molecule has 1 rings (SSSR count). The Hall–Kier alpha value is -1.29. The third-order valence-corrected chi connectivity index (χ3v) is 1.78. The molecule has 0 amide bonds. The number of carbonyl (C=O) groups is 1. The number of anilines is 1. The van der Waals surface area contributed by atoms with Crippen molar-refractivity contribution in [3.05, 3.63) is 28.8 Å². The van der Waals surface area contributed by atoms with Crippen LogP contribution in [0.1, 0.15) is 10.4 Å². The second-order valence-corrected chi connectivity index (χ2v) is 2.99. The Morgan fingerprint density at radius 2 is 2.29 bits per heavy atom. The van der Waals surface area contributed by atoms with Gasteiger partial charge in [0, 0.05) is 10.7 Å². The lowest BCUT2D eigenvalue weighted by atomic mass is 10.2. The highest BCUT2D eigenvalue weighted by Crippen LogP contribution is 2.18. The minimum atomic E-state index is -0.716. The summed E-state index contributed by atoms with van der Waals surface area (Å²) >= 11 is 5.66. The minimum absolute atomic E-state index is 0.158. The van der Waals surface area contributed by atoms with Crippen molar-refractivity contribution in [2.24, 2.45) is 0 Å². The summed E-state index contributed by atoms with van der Waals surface area (Å²) in [6.45, 7) is -0.989. The number of carbonyl (C=O) groups excluding carboxylic acids is 1. The number of benzene rings is 1. The number of nitrogen functional groups attached to an aromatic ring is 1. The van der Waals surface area contributed by atoms with E-state index in [1.54, 1.807) is 6.07 Å². The van der Waals surface area contributed by atoms with Crippen LogP contribution in [0.3, 0.4) is 0 Å². The fourth-order valence-corrected chi connectivity index (χ4v) is 1.09. The van der Waals surface area contributed by atoms with E-state index in [2.05, 4.69) is 4.74 Å². The molecule has 0 aliphatic carbocycles. The van der Waals surface area contributed by atoms with Crippen LogP contribution in [0, 0.1) is 0 Å². The average molecular weight is 218 g/mol. The summed E-state index contributed by atoms with van der Waals surface area (Å²) in [5, 5.41) is 0.381. The van der Waals surface area contributed by atoms with Crippen molar-refractivity contribution in [3.8, 4) is 0 Å². The Morgan fingerprint density at radius 3 is 2.93 bits per heavy atom. The first-order valence-corrected chi connectivity index (χ1v) is 4.31. The molecular weight excluding hydrogens is 209 g/mol. The molecule has 1 aromatic rings. The van der Waals surface area contributed by atoms with Crippen LogP contribution in [0.15, 0.2) is 18.2 Å². The first-order chi connectivity index (χ1) is 6.65. The summed E-state index contributed by atoms with van der Waals surface area (Å²) in [5.41, 5.74) is 5.93. The van der Waals surface area contributed by atoms with Crippen molar-refractivity contribution >= 4 is 23.3 Å². The van der Waals surface area contributed by atoms with Gasteiger partial charge in [-0.05, 0) is 18.2 Å². The molecule has 0 saturated carbocycles. The molecule has 1 aromatic carbocycles. The molecule has 76 valence electrons. The number of hydrogen-bond donors (Lipinski definition) is 1. The maximum absolute atomic E-state index is 11.7. The van der Waals surface area contributed by atoms with Gasteiger partial charge in [-0.1, -0.05) is 11.6 Å². The zero-order chi connectivity index (χ0) is 10.6. The van der Waals surface area contributed by atoms with Gasteiger partial charge in [-0.2, -0.15) is 0 Å². The van der Waals surface area contributed by atoms with E-state index < -0.39 is 12.6 Å². The Labute approximate surface area is 85.6 Å². The van der Waals surface area contributed by atoms with E-state index in [-0.39, 0.29) is 17.9 Å². The van der Waals surface area contributed by atoms with Gasteiger partial charge < -0.3 is 10.5 Å². The van der Waals surface area contributed by atoms with Crippen molar-refractivity contribution in [2.75, 3.05) is 19.0 Å². The van der Waals surface area contributed by atoms with Crippen LogP contribution in [0.4, 0.5) is 10.1 Å². The molecule has 2 N–H and O–H groups in total. The monoisotopic (exact) mass is 217 g/mol. The van der Waals surface area contributed by atoms with Gasteiger partial charge >= 0.3 is 5.97 Å². The summed E-state index contributed by atoms with van der Waals surface area (Å²) in [6.07, 6.45) is 0. The molecule has 0 radical (unpaired) electrons. The van der Waals surface area contributed by atoms with Gasteiger partial charge in [0.25, 0.3) is 0 Å². The number of nitrogens with two attached hydrogens (primary N) is 1. The fourth-order valence-electron chi connectivity index (χ4n) is 0.914. The number of rotatable bonds is 3. The first-order valence-electron chi connectivity index (χ1n) is 3.93. The number of halogens is 2. The summed E-state index contributed by atoms with van der Waals surface area (Å²) in [5.74, 6) is -0.664. The predicted molar refractivity (Wildman–Crippen MR) is 52.1 cm³/mol. The third-order valence-electron chi connectivity index (χ3n) is 1.55. The van der Waals surface area contributed by atoms with Gasteiger partial charge in [0.2, 0.25) is 0 Å². The van der Waals surface area contributed by atoms with Gasteiger partial charge in [-0.15, -0.1) is 0 Å². The molecule has 0 aliphatic rings. The average Bonchev–Trinajstić information content (AvgIpc) is 2.18. The number of hydrogen-bond acceptors (Lipinski definition) is 3. The second-order valence-electron chi connectivity index (χ2n) is 2.56. The zero-order valence-corrected chi connectivity index (χ0v) is 8.05. The number of ether oxygens (including phenoxy) is 1. The van der Waals surface area contributed by atoms with Crippen LogP contribution in [-0.2, 0) is 4.74 Å². The molecular formula is C9H9ClFNO2. The molecule has 0 fully saturated rings. The van der Waals surface area contributed by atoms with E-state index in [1.807, 2.05) is 0 Å². The number of esters is 1. The Kier molecular flexibility index (Phi) is 3.71. The molecule has 3 nitrogen and oxygen atoms in total. The van der Waals surface area contributed by atoms with Crippen molar-refractivity contribution in [3.63, 3.8) is 0 Å². The highest BCUT2D eigenvalue weighted by molar-refractivity contribution is 6.31. The highest BCUT2D eigenvalue weighted by atomic mass is 35.5. The second kappa shape index (κ2) is 4.81. The van der Waals surface area contributed by atoms with E-state index in [0.29, 0.717) is 5.02 Å². The molecule has 5 heteroatoms. The van der Waals surface area contributed by atoms with Crippen molar-refractivity contribution in [1.82, 2.24) is 0 Å². The quantitative estimate of drug-likeness (QED) is 0.623. The summed E-state index contributed by atoms with van der Waals surface area (Å²) in [6, 6.07) is 4.44. The van der Waals surface area contributed by atoms with Crippen LogP contribution >= 0.6 is 11.6 Å². The molecule has 0 spiro atoms. The SMILES string of the molecule is Nc1ccc(Cl)cc1C(=O)OCCF. The van der Waals surface area contributed by atoms with E-state index in [4.69, 9.17) is 17.3 Å². The standard InChI is InChI=1S/C9H9ClFNO2/c10-6-1-2-8(12)7(5-6)9(13)14-4-3-11/h1-2,5H,3-4,12H2. The minimum Gasteiger partial charge on any atom is -0.459 e. The Morgan fingerprint density at radius 1 is 1.57 bits per heavy atom. The molecule has 0 aliphatic heterocycles. The molecule has 0 bridgehead atoms. The van der Waals surface area contributed by atoms with Gasteiger partial charge in [-0.25, -0.2) is 9.18 Å². The Bertz CT molecular complexity index is 344. The molecule has 14 heavy (non-hydrogen) atoms. The van der Waals surface area contributed by atoms with E-state index in [9.17, 15) is 9.18 Å². The lowest BCUT2D eigenvalue weighted by molar-refractivity contribution is 0.0482. The van der Waals surface area contributed by atoms with Gasteiger partial charge in [-0.3, -0.25) is 0 Å². The topological polar surface area (TPSA) is 52.3 Å². The third kappa shape index (κ3) is 2.60.